The lowest BCUT2D eigenvalue weighted by Crippen LogP contribution is -2.43. The molecule has 1 unspecified atom stereocenters. The fraction of sp³-hybridized carbons (Fsp3) is 0.667. The zero-order valence-electron chi connectivity index (χ0n) is 10.7. The minimum absolute atomic E-state index is 0.0970. The van der Waals surface area contributed by atoms with Gasteiger partial charge in [-0.2, -0.15) is 0 Å². The second-order valence-electron chi connectivity index (χ2n) is 4.77. The monoisotopic (exact) mass is 271 g/mol. The van der Waals surface area contributed by atoms with Gasteiger partial charge in [-0.1, -0.05) is 11.6 Å². The molecule has 1 aliphatic heterocycles. The third-order valence-corrected chi connectivity index (χ3v) is 3.08. The van der Waals surface area contributed by atoms with E-state index in [0.717, 1.165) is 25.3 Å². The van der Waals surface area contributed by atoms with Crippen molar-refractivity contribution in [3.63, 3.8) is 0 Å². The van der Waals surface area contributed by atoms with Crippen LogP contribution >= 0.6 is 11.6 Å². The SMILES string of the molecule is COCc1nc(Cl)cc(NC2(C)CCCOC2)n1. The van der Waals surface area contributed by atoms with Gasteiger partial charge in [0.1, 0.15) is 17.6 Å². The Morgan fingerprint density at radius 3 is 3.06 bits per heavy atom. The van der Waals surface area contributed by atoms with Gasteiger partial charge in [-0.15, -0.1) is 0 Å². The summed E-state index contributed by atoms with van der Waals surface area (Å²) in [7, 11) is 1.60. The highest BCUT2D eigenvalue weighted by molar-refractivity contribution is 6.29. The van der Waals surface area contributed by atoms with Crippen molar-refractivity contribution in [2.45, 2.75) is 31.9 Å². The number of hydrogen-bond donors (Lipinski definition) is 1. The van der Waals surface area contributed by atoms with Crippen molar-refractivity contribution in [3.05, 3.63) is 17.0 Å². The van der Waals surface area contributed by atoms with Crippen LogP contribution in [0.2, 0.25) is 5.15 Å². The van der Waals surface area contributed by atoms with Crippen molar-refractivity contribution in [3.8, 4) is 0 Å². The molecule has 0 aliphatic carbocycles. The first kappa shape index (κ1) is 13.5. The lowest BCUT2D eigenvalue weighted by molar-refractivity contribution is 0.0538. The summed E-state index contributed by atoms with van der Waals surface area (Å²) >= 11 is 5.97. The number of halogens is 1. The Bertz CT molecular complexity index is 408. The van der Waals surface area contributed by atoms with Crippen LogP contribution in [-0.4, -0.2) is 35.8 Å². The van der Waals surface area contributed by atoms with Crippen molar-refractivity contribution < 1.29 is 9.47 Å². The molecule has 18 heavy (non-hydrogen) atoms. The maximum Gasteiger partial charge on any atom is 0.158 e. The molecule has 1 aliphatic rings. The molecule has 1 aromatic heterocycles. The number of methoxy groups -OCH3 is 1. The van der Waals surface area contributed by atoms with E-state index in [1.807, 2.05) is 0 Å². The molecule has 1 aromatic rings. The van der Waals surface area contributed by atoms with Crippen molar-refractivity contribution in [2.75, 3.05) is 25.6 Å². The lowest BCUT2D eigenvalue weighted by atomic mass is 9.95. The van der Waals surface area contributed by atoms with Gasteiger partial charge in [0.2, 0.25) is 0 Å². The van der Waals surface area contributed by atoms with E-state index in [0.29, 0.717) is 24.2 Å². The van der Waals surface area contributed by atoms with E-state index in [1.54, 1.807) is 13.2 Å². The summed E-state index contributed by atoms with van der Waals surface area (Å²) in [6, 6.07) is 1.72. The van der Waals surface area contributed by atoms with Crippen LogP contribution in [0.25, 0.3) is 0 Å². The average Bonchev–Trinajstić information content (AvgIpc) is 2.28. The first-order valence-corrected chi connectivity index (χ1v) is 6.37. The molecule has 6 heteroatoms. The normalized spacial score (nSPS) is 23.9. The first-order valence-electron chi connectivity index (χ1n) is 6.00. The van der Waals surface area contributed by atoms with Gasteiger partial charge in [0.15, 0.2) is 5.82 Å². The number of ether oxygens (including phenoxy) is 2. The van der Waals surface area contributed by atoms with Crippen LogP contribution in [0.3, 0.4) is 0 Å². The summed E-state index contributed by atoms with van der Waals surface area (Å²) in [4.78, 5) is 8.47. The highest BCUT2D eigenvalue weighted by Crippen LogP contribution is 2.24. The second-order valence-corrected chi connectivity index (χ2v) is 5.15. The Hall–Kier alpha value is -0.910. The molecular formula is C12H18ClN3O2. The predicted molar refractivity (Wildman–Crippen MR) is 69.8 cm³/mol. The van der Waals surface area contributed by atoms with E-state index in [2.05, 4.69) is 22.2 Å². The summed E-state index contributed by atoms with van der Waals surface area (Å²) in [6.07, 6.45) is 2.10. The summed E-state index contributed by atoms with van der Waals surface area (Å²) < 4.78 is 10.5. The van der Waals surface area contributed by atoms with Gasteiger partial charge in [-0.3, -0.25) is 0 Å². The molecule has 0 amide bonds. The molecule has 5 nitrogen and oxygen atoms in total. The fourth-order valence-corrected chi connectivity index (χ4v) is 2.27. The molecule has 0 radical (unpaired) electrons. The minimum Gasteiger partial charge on any atom is -0.379 e. The van der Waals surface area contributed by atoms with E-state index < -0.39 is 0 Å². The van der Waals surface area contributed by atoms with Crippen molar-refractivity contribution in [1.82, 2.24) is 9.97 Å². The van der Waals surface area contributed by atoms with E-state index in [1.165, 1.54) is 0 Å². The molecule has 100 valence electrons. The van der Waals surface area contributed by atoms with Crippen LogP contribution < -0.4 is 5.32 Å². The number of aromatic nitrogens is 2. The quantitative estimate of drug-likeness (QED) is 0.852. The largest absolute Gasteiger partial charge is 0.379 e. The second kappa shape index (κ2) is 5.82. The molecule has 2 rings (SSSR count). The summed E-state index contributed by atoms with van der Waals surface area (Å²) in [5.74, 6) is 1.29. The zero-order valence-corrected chi connectivity index (χ0v) is 11.5. The number of hydrogen-bond acceptors (Lipinski definition) is 5. The number of nitrogens with zero attached hydrogens (tertiary/aromatic N) is 2. The van der Waals surface area contributed by atoms with Crippen LogP contribution in [-0.2, 0) is 16.1 Å². The molecule has 0 aromatic carbocycles. The summed E-state index contributed by atoms with van der Waals surface area (Å²) in [6.45, 7) is 3.98. The molecule has 1 atom stereocenters. The van der Waals surface area contributed by atoms with Crippen molar-refractivity contribution in [1.29, 1.82) is 0 Å². The molecule has 1 fully saturated rings. The van der Waals surface area contributed by atoms with E-state index in [4.69, 9.17) is 21.1 Å². The number of rotatable bonds is 4. The average molecular weight is 272 g/mol. The number of nitrogens with one attached hydrogen (secondary N) is 1. The van der Waals surface area contributed by atoms with Gasteiger partial charge in [0.05, 0.1) is 12.1 Å². The fourth-order valence-electron chi connectivity index (χ4n) is 2.06. The Balaban J connectivity index is 2.12. The summed E-state index contributed by atoms with van der Waals surface area (Å²) in [5.41, 5.74) is -0.0970. The predicted octanol–water partition coefficient (Wildman–Crippen LogP) is 2.26. The van der Waals surface area contributed by atoms with Crippen molar-refractivity contribution in [2.24, 2.45) is 0 Å². The van der Waals surface area contributed by atoms with Crippen LogP contribution in [0, 0.1) is 0 Å². The smallest absolute Gasteiger partial charge is 0.158 e. The highest BCUT2D eigenvalue weighted by atomic mass is 35.5. The number of anilines is 1. The van der Waals surface area contributed by atoms with Crippen molar-refractivity contribution >= 4 is 17.4 Å². The van der Waals surface area contributed by atoms with Gasteiger partial charge in [0.25, 0.3) is 0 Å². The molecule has 0 bridgehead atoms. The van der Waals surface area contributed by atoms with Gasteiger partial charge >= 0.3 is 0 Å². The van der Waals surface area contributed by atoms with Crippen LogP contribution in [0.15, 0.2) is 6.07 Å². The maximum absolute atomic E-state index is 5.97. The van der Waals surface area contributed by atoms with E-state index >= 15 is 0 Å². The molecule has 0 saturated carbocycles. The third-order valence-electron chi connectivity index (χ3n) is 2.88. The zero-order chi connectivity index (χ0) is 13.0. The molecule has 1 N–H and O–H groups in total. The van der Waals surface area contributed by atoms with E-state index in [9.17, 15) is 0 Å². The minimum atomic E-state index is -0.0970. The third kappa shape index (κ3) is 3.54. The van der Waals surface area contributed by atoms with Gasteiger partial charge < -0.3 is 14.8 Å². The Morgan fingerprint density at radius 1 is 1.56 bits per heavy atom. The van der Waals surface area contributed by atoms with Gasteiger partial charge in [0, 0.05) is 19.8 Å². The molecule has 1 saturated heterocycles. The first-order chi connectivity index (χ1) is 8.61. The highest BCUT2D eigenvalue weighted by Gasteiger charge is 2.27. The lowest BCUT2D eigenvalue weighted by Gasteiger charge is -2.34. The summed E-state index contributed by atoms with van der Waals surface area (Å²) in [5, 5.41) is 3.80. The Kier molecular flexibility index (Phi) is 4.37. The van der Waals surface area contributed by atoms with E-state index in [-0.39, 0.29) is 5.54 Å². The standard InChI is InChI=1S/C12H18ClN3O2/c1-12(4-3-5-18-8-12)16-10-6-9(13)14-11(15-10)7-17-2/h6H,3-5,7-8H2,1-2H3,(H,14,15,16). The van der Waals surface area contributed by atoms with Crippen LogP contribution in [0.4, 0.5) is 5.82 Å². The van der Waals surface area contributed by atoms with Gasteiger partial charge in [-0.05, 0) is 19.8 Å². The van der Waals surface area contributed by atoms with Crippen LogP contribution in [0.5, 0.6) is 0 Å². The maximum atomic E-state index is 5.97. The topological polar surface area (TPSA) is 56.3 Å². The van der Waals surface area contributed by atoms with Gasteiger partial charge in [-0.25, -0.2) is 9.97 Å². The Morgan fingerprint density at radius 2 is 2.39 bits per heavy atom. The molecular weight excluding hydrogens is 254 g/mol. The van der Waals surface area contributed by atoms with Crippen LogP contribution in [0.1, 0.15) is 25.6 Å². The Labute approximate surface area is 112 Å². The molecule has 0 spiro atoms. The molecule has 2 heterocycles.